The third kappa shape index (κ3) is 6.89. The lowest BCUT2D eigenvalue weighted by Crippen LogP contribution is -2.32. The van der Waals surface area contributed by atoms with Crippen LogP contribution in [0.2, 0.25) is 0 Å². The molecule has 2 aliphatic heterocycles. The zero-order chi connectivity index (χ0) is 21.6. The van der Waals surface area contributed by atoms with E-state index in [2.05, 4.69) is 0 Å². The average molecular weight is 418 g/mol. The van der Waals surface area contributed by atoms with Gasteiger partial charge in [0.15, 0.2) is 0 Å². The third-order valence-corrected chi connectivity index (χ3v) is 6.46. The maximum absolute atomic E-state index is 10.5. The first-order chi connectivity index (χ1) is 13.8. The van der Waals surface area contributed by atoms with Gasteiger partial charge >= 0.3 is 11.9 Å². The second-order valence-electron chi connectivity index (χ2n) is 8.45. The Labute approximate surface area is 170 Å². The van der Waals surface area contributed by atoms with E-state index in [1.807, 2.05) is 6.92 Å². The molecule has 9 heteroatoms. The summed E-state index contributed by atoms with van der Waals surface area (Å²) in [4.78, 5) is 20.9. The van der Waals surface area contributed by atoms with Crippen molar-refractivity contribution in [2.45, 2.75) is 76.3 Å². The maximum atomic E-state index is 10.5. The summed E-state index contributed by atoms with van der Waals surface area (Å²) in [6.45, 7) is 1.35. The molecule has 5 N–H and O–H groups in total. The van der Waals surface area contributed by atoms with E-state index in [4.69, 9.17) is 35.0 Å². The highest BCUT2D eigenvalue weighted by atomic mass is 16.6. The Bertz CT molecular complexity index is 493. The highest BCUT2D eigenvalue weighted by molar-refractivity contribution is 5.70. The van der Waals surface area contributed by atoms with E-state index in [-0.39, 0.29) is 43.9 Å². The van der Waals surface area contributed by atoms with Crippen molar-refractivity contribution in [2.24, 2.45) is 17.3 Å². The Hall–Kier alpha value is -1.26. The fraction of sp³-hybridized carbons (Fsp3) is 0.900. The van der Waals surface area contributed by atoms with Crippen LogP contribution in [0.4, 0.5) is 0 Å². The van der Waals surface area contributed by atoms with Crippen molar-refractivity contribution < 1.29 is 44.6 Å². The van der Waals surface area contributed by atoms with Crippen LogP contribution in [0.1, 0.15) is 51.9 Å². The SMILES string of the molecule is CCC(CO)(CO)CO.O=C(O)C1CCC2OC2C1.O=C(O)C1CCC2OC2C1. The van der Waals surface area contributed by atoms with Crippen LogP contribution in [-0.4, -0.2) is 81.7 Å². The molecule has 0 aromatic carbocycles. The number of epoxide rings is 2. The Morgan fingerprint density at radius 2 is 1.14 bits per heavy atom. The third-order valence-electron chi connectivity index (χ3n) is 6.46. The van der Waals surface area contributed by atoms with Crippen LogP contribution in [0, 0.1) is 17.3 Å². The molecule has 168 valence electrons. The molecule has 6 atom stereocenters. The van der Waals surface area contributed by atoms with E-state index in [0.29, 0.717) is 18.6 Å². The molecule has 0 amide bonds. The summed E-state index contributed by atoms with van der Waals surface area (Å²) in [6.07, 6.45) is 6.96. The molecule has 6 unspecified atom stereocenters. The highest BCUT2D eigenvalue weighted by Gasteiger charge is 2.46. The van der Waals surface area contributed by atoms with Crippen LogP contribution in [0.5, 0.6) is 0 Å². The number of rotatable bonds is 6. The lowest BCUT2D eigenvalue weighted by atomic mass is 9.88. The zero-order valence-corrected chi connectivity index (χ0v) is 16.9. The van der Waals surface area contributed by atoms with E-state index in [9.17, 15) is 9.59 Å². The van der Waals surface area contributed by atoms with Crippen LogP contribution in [-0.2, 0) is 19.1 Å². The minimum atomic E-state index is -0.667. The van der Waals surface area contributed by atoms with Crippen LogP contribution in [0.15, 0.2) is 0 Å². The minimum absolute atomic E-state index is 0.135. The molecule has 2 aliphatic carbocycles. The number of aliphatic hydroxyl groups excluding tert-OH is 3. The Morgan fingerprint density at radius 3 is 1.34 bits per heavy atom. The number of hydrogen-bond donors (Lipinski definition) is 5. The number of carboxylic acids is 2. The maximum Gasteiger partial charge on any atom is 0.306 e. The number of fused-ring (bicyclic) bond motifs is 2. The Morgan fingerprint density at radius 1 is 0.759 bits per heavy atom. The first-order valence-corrected chi connectivity index (χ1v) is 10.4. The van der Waals surface area contributed by atoms with Gasteiger partial charge in [-0.2, -0.15) is 0 Å². The zero-order valence-electron chi connectivity index (χ0n) is 16.9. The molecule has 2 heterocycles. The van der Waals surface area contributed by atoms with Gasteiger partial charge in [0.2, 0.25) is 0 Å². The molecular formula is C20H34O9. The van der Waals surface area contributed by atoms with Gasteiger partial charge in [-0.25, -0.2) is 0 Å². The van der Waals surface area contributed by atoms with Gasteiger partial charge in [-0.15, -0.1) is 0 Å². The first kappa shape index (κ1) is 24.0. The predicted octanol–water partition coefficient (Wildman–Crippen LogP) is 0.637. The Kier molecular flexibility index (Phi) is 8.84. The minimum Gasteiger partial charge on any atom is -0.481 e. The first-order valence-electron chi connectivity index (χ1n) is 10.4. The number of aliphatic hydroxyl groups is 3. The van der Waals surface area contributed by atoms with Crippen molar-refractivity contribution >= 4 is 11.9 Å². The molecule has 0 radical (unpaired) electrons. The quantitative estimate of drug-likeness (QED) is 0.390. The number of carboxylic acid groups (broad SMARTS) is 2. The molecule has 2 saturated heterocycles. The lowest BCUT2D eigenvalue weighted by molar-refractivity contribution is -0.143. The molecular weight excluding hydrogens is 384 g/mol. The lowest BCUT2D eigenvalue weighted by Gasteiger charge is -2.24. The van der Waals surface area contributed by atoms with Crippen molar-refractivity contribution in [2.75, 3.05) is 19.8 Å². The number of ether oxygens (including phenoxy) is 2. The smallest absolute Gasteiger partial charge is 0.306 e. The molecule has 2 saturated carbocycles. The van der Waals surface area contributed by atoms with E-state index in [0.717, 1.165) is 38.5 Å². The van der Waals surface area contributed by atoms with Crippen molar-refractivity contribution in [1.82, 2.24) is 0 Å². The molecule has 0 aromatic heterocycles. The molecule has 4 rings (SSSR count). The number of aliphatic carboxylic acids is 2. The van der Waals surface area contributed by atoms with Gasteiger partial charge in [0, 0.05) is 5.41 Å². The second kappa shape index (κ2) is 10.7. The fourth-order valence-corrected chi connectivity index (χ4v) is 3.74. The van der Waals surface area contributed by atoms with Crippen molar-refractivity contribution in [3.05, 3.63) is 0 Å². The van der Waals surface area contributed by atoms with E-state index in [1.54, 1.807) is 0 Å². The summed E-state index contributed by atoms with van der Waals surface area (Å²) in [5, 5.41) is 43.2. The van der Waals surface area contributed by atoms with Gasteiger partial charge < -0.3 is 35.0 Å². The fourth-order valence-electron chi connectivity index (χ4n) is 3.74. The summed E-state index contributed by atoms with van der Waals surface area (Å²) < 4.78 is 10.4. The van der Waals surface area contributed by atoms with Gasteiger partial charge in [-0.1, -0.05) is 6.92 Å². The monoisotopic (exact) mass is 418 g/mol. The van der Waals surface area contributed by atoms with Gasteiger partial charge in [0.05, 0.1) is 56.1 Å². The molecule has 9 nitrogen and oxygen atoms in total. The molecule has 0 aromatic rings. The van der Waals surface area contributed by atoms with Gasteiger partial charge in [0.25, 0.3) is 0 Å². The summed E-state index contributed by atoms with van der Waals surface area (Å²) in [6, 6.07) is 0. The van der Waals surface area contributed by atoms with Crippen LogP contribution < -0.4 is 0 Å². The average Bonchev–Trinajstić information content (AvgIpc) is 3.64. The van der Waals surface area contributed by atoms with Crippen LogP contribution in [0.25, 0.3) is 0 Å². The summed E-state index contributed by atoms with van der Waals surface area (Å²) in [7, 11) is 0. The molecule has 4 aliphatic rings. The molecule has 0 spiro atoms. The number of carbonyl (C=O) groups is 2. The van der Waals surface area contributed by atoms with Crippen LogP contribution in [0.3, 0.4) is 0 Å². The van der Waals surface area contributed by atoms with E-state index >= 15 is 0 Å². The van der Waals surface area contributed by atoms with E-state index in [1.165, 1.54) is 0 Å². The normalized spacial score (nSPS) is 34.2. The summed E-state index contributed by atoms with van der Waals surface area (Å²) in [5.74, 6) is -1.59. The summed E-state index contributed by atoms with van der Waals surface area (Å²) >= 11 is 0. The molecule has 29 heavy (non-hydrogen) atoms. The standard InChI is InChI=1S/2C7H10O3.C6H14O3/c2*8-7(9)4-1-2-5-6(3-4)10-5;1-2-6(3-7,4-8)5-9/h2*4-6H,1-3H2,(H,8,9);7-9H,2-5H2,1H3. The largest absolute Gasteiger partial charge is 0.481 e. The topological polar surface area (TPSA) is 160 Å². The summed E-state index contributed by atoms with van der Waals surface area (Å²) in [5.41, 5.74) is -0.667. The Balaban J connectivity index is 0.000000156. The second-order valence-corrected chi connectivity index (χ2v) is 8.45. The molecule has 0 bridgehead atoms. The van der Waals surface area contributed by atoms with Crippen molar-refractivity contribution in [3.63, 3.8) is 0 Å². The number of hydrogen-bond acceptors (Lipinski definition) is 7. The highest BCUT2D eigenvalue weighted by Crippen LogP contribution is 2.40. The van der Waals surface area contributed by atoms with Gasteiger partial charge in [-0.3, -0.25) is 9.59 Å². The van der Waals surface area contributed by atoms with Crippen molar-refractivity contribution in [1.29, 1.82) is 0 Å². The van der Waals surface area contributed by atoms with Crippen molar-refractivity contribution in [3.8, 4) is 0 Å². The van der Waals surface area contributed by atoms with Crippen LogP contribution >= 0.6 is 0 Å². The predicted molar refractivity (Wildman–Crippen MR) is 101 cm³/mol. The van der Waals surface area contributed by atoms with Gasteiger partial charge in [-0.05, 0) is 44.9 Å². The van der Waals surface area contributed by atoms with Gasteiger partial charge in [0.1, 0.15) is 0 Å². The van der Waals surface area contributed by atoms with E-state index < -0.39 is 17.4 Å². The molecule has 4 fully saturated rings.